The normalized spacial score (nSPS) is 36.6. The summed E-state index contributed by atoms with van der Waals surface area (Å²) in [6.45, 7) is 6.09. The molecular formula is C13H23N5O2. The fourth-order valence-electron chi connectivity index (χ4n) is 2.80. The summed E-state index contributed by atoms with van der Waals surface area (Å²) in [4.78, 5) is 9.17. The molecule has 7 nitrogen and oxygen atoms in total. The van der Waals surface area contributed by atoms with Crippen molar-refractivity contribution >= 4 is 0 Å². The molecule has 1 aromatic heterocycles. The number of ether oxygens (including phenoxy) is 1. The highest BCUT2D eigenvalue weighted by Gasteiger charge is 2.44. The zero-order valence-electron chi connectivity index (χ0n) is 12.4. The van der Waals surface area contributed by atoms with Gasteiger partial charge in [0.15, 0.2) is 5.82 Å². The predicted molar refractivity (Wildman–Crippen MR) is 73.3 cm³/mol. The number of aromatic nitrogens is 2. The Labute approximate surface area is 119 Å². The van der Waals surface area contributed by atoms with E-state index in [1.807, 2.05) is 6.92 Å². The SMILES string of the molecule is CN1CCN(C)C(c2noc(C3(C)COCC3N)n2)C1. The highest BCUT2D eigenvalue weighted by atomic mass is 16.5. The molecule has 0 amide bonds. The fourth-order valence-corrected chi connectivity index (χ4v) is 2.80. The summed E-state index contributed by atoms with van der Waals surface area (Å²) >= 11 is 0. The van der Waals surface area contributed by atoms with Gasteiger partial charge in [-0.1, -0.05) is 5.16 Å². The van der Waals surface area contributed by atoms with Crippen LogP contribution in [0.1, 0.15) is 24.7 Å². The Balaban J connectivity index is 1.83. The number of nitrogens with zero attached hydrogens (tertiary/aromatic N) is 4. The van der Waals surface area contributed by atoms with E-state index in [0.717, 1.165) is 25.5 Å². The van der Waals surface area contributed by atoms with Gasteiger partial charge in [-0.25, -0.2) is 0 Å². The van der Waals surface area contributed by atoms with Crippen molar-refractivity contribution in [1.29, 1.82) is 0 Å². The third-order valence-corrected chi connectivity index (χ3v) is 4.60. The Hall–Kier alpha value is -1.02. The van der Waals surface area contributed by atoms with Gasteiger partial charge in [0.1, 0.15) is 0 Å². The van der Waals surface area contributed by atoms with Gasteiger partial charge < -0.3 is 19.9 Å². The van der Waals surface area contributed by atoms with Crippen LogP contribution in [0.15, 0.2) is 4.52 Å². The minimum atomic E-state index is -0.371. The molecule has 0 bridgehead atoms. The smallest absolute Gasteiger partial charge is 0.236 e. The van der Waals surface area contributed by atoms with E-state index in [2.05, 4.69) is 34.0 Å². The number of rotatable bonds is 2. The number of hydrogen-bond acceptors (Lipinski definition) is 7. The van der Waals surface area contributed by atoms with Gasteiger partial charge in [0, 0.05) is 25.7 Å². The molecule has 2 aliphatic rings. The second-order valence-corrected chi connectivity index (χ2v) is 6.26. The van der Waals surface area contributed by atoms with Crippen LogP contribution >= 0.6 is 0 Å². The highest BCUT2D eigenvalue weighted by Crippen LogP contribution is 2.32. The Bertz CT molecular complexity index is 479. The quantitative estimate of drug-likeness (QED) is 0.790. The van der Waals surface area contributed by atoms with Gasteiger partial charge in [-0.2, -0.15) is 4.98 Å². The molecule has 20 heavy (non-hydrogen) atoms. The van der Waals surface area contributed by atoms with E-state index < -0.39 is 0 Å². The lowest BCUT2D eigenvalue weighted by Crippen LogP contribution is -2.45. The maximum atomic E-state index is 6.11. The molecule has 0 radical (unpaired) electrons. The van der Waals surface area contributed by atoms with Crippen molar-refractivity contribution in [3.8, 4) is 0 Å². The first-order chi connectivity index (χ1) is 9.50. The maximum Gasteiger partial charge on any atom is 0.236 e. The lowest BCUT2D eigenvalue weighted by molar-refractivity contribution is 0.108. The minimum Gasteiger partial charge on any atom is -0.379 e. The first kappa shape index (κ1) is 13.9. The second-order valence-electron chi connectivity index (χ2n) is 6.26. The van der Waals surface area contributed by atoms with Gasteiger partial charge in [0.2, 0.25) is 5.89 Å². The number of likely N-dealkylation sites (N-methyl/N-ethyl adjacent to an activating group) is 2. The van der Waals surface area contributed by atoms with Gasteiger partial charge in [-0.3, -0.25) is 4.90 Å². The van der Waals surface area contributed by atoms with Crippen molar-refractivity contribution in [2.24, 2.45) is 5.73 Å². The van der Waals surface area contributed by atoms with Crippen LogP contribution in [-0.4, -0.2) is 72.9 Å². The van der Waals surface area contributed by atoms with E-state index in [4.69, 9.17) is 15.0 Å². The van der Waals surface area contributed by atoms with Crippen LogP contribution in [0, 0.1) is 0 Å². The summed E-state index contributed by atoms with van der Waals surface area (Å²) in [5.41, 5.74) is 5.74. The van der Waals surface area contributed by atoms with Crippen LogP contribution in [-0.2, 0) is 10.2 Å². The van der Waals surface area contributed by atoms with E-state index >= 15 is 0 Å². The first-order valence-electron chi connectivity index (χ1n) is 7.07. The largest absolute Gasteiger partial charge is 0.379 e. The molecule has 0 saturated carbocycles. The van der Waals surface area contributed by atoms with E-state index in [0.29, 0.717) is 19.1 Å². The molecule has 3 heterocycles. The molecule has 0 aliphatic carbocycles. The minimum absolute atomic E-state index is 0.0949. The van der Waals surface area contributed by atoms with Gasteiger partial charge in [-0.15, -0.1) is 0 Å². The third-order valence-electron chi connectivity index (χ3n) is 4.60. The summed E-state index contributed by atoms with van der Waals surface area (Å²) < 4.78 is 10.9. The molecular weight excluding hydrogens is 258 g/mol. The molecule has 2 aliphatic heterocycles. The Morgan fingerprint density at radius 3 is 2.85 bits per heavy atom. The molecule has 2 fully saturated rings. The van der Waals surface area contributed by atoms with Gasteiger partial charge in [-0.05, 0) is 21.0 Å². The summed E-state index contributed by atoms with van der Waals surface area (Å²) in [5, 5.41) is 4.18. The molecule has 0 spiro atoms. The maximum absolute atomic E-state index is 6.11. The van der Waals surface area contributed by atoms with E-state index in [1.165, 1.54) is 0 Å². The molecule has 3 atom stereocenters. The van der Waals surface area contributed by atoms with Gasteiger partial charge in [0.05, 0.1) is 24.7 Å². The molecule has 7 heteroatoms. The topological polar surface area (TPSA) is 80.7 Å². The molecule has 3 unspecified atom stereocenters. The molecule has 112 valence electrons. The molecule has 0 aromatic carbocycles. The Kier molecular flexibility index (Phi) is 3.53. The average molecular weight is 281 g/mol. The monoisotopic (exact) mass is 281 g/mol. The Morgan fingerprint density at radius 1 is 1.35 bits per heavy atom. The van der Waals surface area contributed by atoms with Crippen LogP contribution in [0.25, 0.3) is 0 Å². The van der Waals surface area contributed by atoms with Crippen LogP contribution < -0.4 is 5.73 Å². The fraction of sp³-hybridized carbons (Fsp3) is 0.846. The number of nitrogens with two attached hydrogens (primary N) is 1. The summed E-state index contributed by atoms with van der Waals surface area (Å²) in [7, 11) is 4.21. The summed E-state index contributed by atoms with van der Waals surface area (Å²) in [6, 6.07) is 0.0796. The third kappa shape index (κ3) is 2.24. The lowest BCUT2D eigenvalue weighted by Gasteiger charge is -2.35. The van der Waals surface area contributed by atoms with Crippen LogP contribution in [0.4, 0.5) is 0 Å². The molecule has 3 rings (SSSR count). The van der Waals surface area contributed by atoms with E-state index in [1.54, 1.807) is 0 Å². The predicted octanol–water partition coefficient (Wildman–Crippen LogP) is -0.397. The summed E-state index contributed by atoms with van der Waals surface area (Å²) in [5.74, 6) is 1.34. The van der Waals surface area contributed by atoms with Crippen molar-refractivity contribution in [2.45, 2.75) is 24.4 Å². The zero-order valence-corrected chi connectivity index (χ0v) is 12.4. The number of piperazine rings is 1. The summed E-state index contributed by atoms with van der Waals surface area (Å²) in [6.07, 6.45) is 0. The number of hydrogen-bond donors (Lipinski definition) is 1. The van der Waals surface area contributed by atoms with Crippen molar-refractivity contribution < 1.29 is 9.26 Å². The van der Waals surface area contributed by atoms with Gasteiger partial charge >= 0.3 is 0 Å². The van der Waals surface area contributed by atoms with E-state index in [9.17, 15) is 0 Å². The molecule has 2 saturated heterocycles. The second kappa shape index (κ2) is 5.07. The highest BCUT2D eigenvalue weighted by molar-refractivity contribution is 5.12. The van der Waals surface area contributed by atoms with E-state index in [-0.39, 0.29) is 17.5 Å². The lowest BCUT2D eigenvalue weighted by atomic mass is 9.86. The average Bonchev–Trinajstić information content (AvgIpc) is 3.02. The standard InChI is InChI=1S/C13H23N5O2/c1-13(8-19-7-10(13)14)12-15-11(16-20-12)9-6-17(2)4-5-18(9)3/h9-10H,4-8,14H2,1-3H3. The Morgan fingerprint density at radius 2 is 2.15 bits per heavy atom. The molecule has 1 aromatic rings. The van der Waals surface area contributed by atoms with Crippen molar-refractivity contribution in [3.63, 3.8) is 0 Å². The van der Waals surface area contributed by atoms with Crippen LogP contribution in [0.5, 0.6) is 0 Å². The van der Waals surface area contributed by atoms with Crippen LogP contribution in [0.2, 0.25) is 0 Å². The molecule has 2 N–H and O–H groups in total. The van der Waals surface area contributed by atoms with Crippen molar-refractivity contribution in [1.82, 2.24) is 19.9 Å². The first-order valence-corrected chi connectivity index (χ1v) is 7.07. The van der Waals surface area contributed by atoms with Gasteiger partial charge in [0.25, 0.3) is 0 Å². The van der Waals surface area contributed by atoms with Crippen molar-refractivity contribution in [3.05, 3.63) is 11.7 Å². The zero-order chi connectivity index (χ0) is 14.3. The van der Waals surface area contributed by atoms with Crippen molar-refractivity contribution in [2.75, 3.05) is 46.9 Å². The van der Waals surface area contributed by atoms with Crippen LogP contribution in [0.3, 0.4) is 0 Å².